The van der Waals surface area contributed by atoms with E-state index in [0.717, 1.165) is 63.2 Å². The van der Waals surface area contributed by atoms with Crippen LogP contribution in [-0.4, -0.2) is 35.7 Å². The Labute approximate surface area is 209 Å². The van der Waals surface area contributed by atoms with Gasteiger partial charge in [-0.05, 0) is 50.1 Å². The molecule has 184 valence electrons. The first-order chi connectivity index (χ1) is 17.5. The molecule has 5 aromatic rings. The van der Waals surface area contributed by atoms with Crippen molar-refractivity contribution in [3.05, 3.63) is 76.2 Å². The van der Waals surface area contributed by atoms with Crippen LogP contribution in [0.4, 0.5) is 11.4 Å². The summed E-state index contributed by atoms with van der Waals surface area (Å²) in [5, 5.41) is 19.4. The van der Waals surface area contributed by atoms with E-state index in [4.69, 9.17) is 0 Å². The predicted molar refractivity (Wildman–Crippen MR) is 142 cm³/mol. The van der Waals surface area contributed by atoms with Gasteiger partial charge < -0.3 is 14.8 Å². The van der Waals surface area contributed by atoms with Crippen LogP contribution < -0.4 is 15.8 Å². The largest absolute Gasteiger partial charge is 0.377 e. The number of rotatable bonds is 5. The summed E-state index contributed by atoms with van der Waals surface area (Å²) in [7, 11) is 1.83. The molecule has 0 amide bonds. The lowest BCUT2D eigenvalue weighted by Crippen LogP contribution is -2.34. The molecule has 0 saturated heterocycles. The molecule has 0 fully saturated rings. The first kappa shape index (κ1) is 22.3. The summed E-state index contributed by atoms with van der Waals surface area (Å²) in [4.78, 5) is 15.8. The number of hydrogen-bond acceptors (Lipinski definition) is 6. The molecule has 0 bridgehead atoms. The lowest BCUT2D eigenvalue weighted by Gasteiger charge is -2.31. The van der Waals surface area contributed by atoms with E-state index >= 15 is 0 Å². The summed E-state index contributed by atoms with van der Waals surface area (Å²) in [5.41, 5.74) is 5.20. The SMILES string of the molecule is CCn1ncc2c3c(C(C)Nc4ccccc4N4CCn5cnnc5C4)cc(C)cc3c(=O)n(C)c21. The normalized spacial score (nSPS) is 14.4. The van der Waals surface area contributed by atoms with Gasteiger partial charge in [0.2, 0.25) is 0 Å². The molecule has 1 aliphatic rings. The highest BCUT2D eigenvalue weighted by atomic mass is 16.1. The molecule has 4 heterocycles. The van der Waals surface area contributed by atoms with Crippen molar-refractivity contribution in [1.29, 1.82) is 0 Å². The zero-order valence-electron chi connectivity index (χ0n) is 21.1. The third kappa shape index (κ3) is 3.45. The van der Waals surface area contributed by atoms with Gasteiger partial charge in [0, 0.05) is 48.9 Å². The lowest BCUT2D eigenvalue weighted by atomic mass is 9.95. The number of aromatic nitrogens is 6. The monoisotopic (exact) mass is 482 g/mol. The van der Waals surface area contributed by atoms with E-state index in [-0.39, 0.29) is 11.6 Å². The van der Waals surface area contributed by atoms with Crippen LogP contribution >= 0.6 is 0 Å². The average molecular weight is 483 g/mol. The van der Waals surface area contributed by atoms with Crippen LogP contribution in [0.1, 0.15) is 36.8 Å². The molecule has 0 saturated carbocycles. The summed E-state index contributed by atoms with van der Waals surface area (Å²) < 4.78 is 5.72. The Morgan fingerprint density at radius 3 is 2.81 bits per heavy atom. The zero-order valence-corrected chi connectivity index (χ0v) is 21.1. The van der Waals surface area contributed by atoms with E-state index in [0.29, 0.717) is 13.1 Å². The zero-order chi connectivity index (χ0) is 25.0. The number of para-hydroxylation sites is 2. The quantitative estimate of drug-likeness (QED) is 0.408. The van der Waals surface area contributed by atoms with Gasteiger partial charge in [-0.3, -0.25) is 9.36 Å². The number of fused-ring (bicyclic) bond motifs is 4. The van der Waals surface area contributed by atoms with E-state index < -0.39 is 0 Å². The van der Waals surface area contributed by atoms with Crippen molar-refractivity contribution in [3.8, 4) is 0 Å². The van der Waals surface area contributed by atoms with Gasteiger partial charge in [0.1, 0.15) is 12.0 Å². The van der Waals surface area contributed by atoms with E-state index in [1.807, 2.05) is 37.8 Å². The van der Waals surface area contributed by atoms with Gasteiger partial charge in [0.15, 0.2) is 5.82 Å². The fraction of sp³-hybridized carbons (Fsp3) is 0.333. The molecule has 9 heteroatoms. The Hall–Kier alpha value is -4.14. The molecule has 0 aliphatic carbocycles. The number of hydrogen-bond donors (Lipinski definition) is 1. The molecule has 36 heavy (non-hydrogen) atoms. The van der Waals surface area contributed by atoms with Crippen LogP contribution in [0.25, 0.3) is 21.8 Å². The van der Waals surface area contributed by atoms with Gasteiger partial charge in [0.05, 0.1) is 24.1 Å². The predicted octanol–water partition coefficient (Wildman–Crippen LogP) is 4.00. The highest BCUT2D eigenvalue weighted by Gasteiger charge is 2.22. The molecule has 2 aromatic carbocycles. The topological polar surface area (TPSA) is 85.8 Å². The maximum Gasteiger partial charge on any atom is 0.259 e. The smallest absolute Gasteiger partial charge is 0.259 e. The highest BCUT2D eigenvalue weighted by Crippen LogP contribution is 2.35. The molecule has 3 aromatic heterocycles. The van der Waals surface area contributed by atoms with Crippen LogP contribution in [0.2, 0.25) is 0 Å². The van der Waals surface area contributed by atoms with E-state index in [1.54, 1.807) is 10.9 Å². The first-order valence-electron chi connectivity index (χ1n) is 12.4. The molecular formula is C27H30N8O. The standard InChI is InChI=1S/C27H30N8O/c1-5-35-26-21(14-29-35)25-19(12-17(2)13-20(25)27(36)32(26)4)18(3)30-22-8-6-7-9-23(22)33-10-11-34-16-28-31-24(34)15-33/h6-9,12-14,16,18,30H,5,10-11,15H2,1-4H3. The highest BCUT2D eigenvalue weighted by molar-refractivity contribution is 6.07. The molecular weight excluding hydrogens is 452 g/mol. The van der Waals surface area contributed by atoms with E-state index in [1.165, 1.54) is 0 Å². The van der Waals surface area contributed by atoms with Crippen LogP contribution in [0.15, 0.2) is 53.7 Å². The molecule has 1 aliphatic heterocycles. The van der Waals surface area contributed by atoms with Gasteiger partial charge in [-0.2, -0.15) is 5.10 Å². The number of pyridine rings is 1. The number of nitrogens with zero attached hydrogens (tertiary/aromatic N) is 7. The first-order valence-corrected chi connectivity index (χ1v) is 12.4. The summed E-state index contributed by atoms with van der Waals surface area (Å²) in [6.45, 7) is 9.41. The van der Waals surface area contributed by atoms with Gasteiger partial charge in [-0.15, -0.1) is 10.2 Å². The second kappa shape index (κ2) is 8.51. The molecule has 1 N–H and O–H groups in total. The van der Waals surface area contributed by atoms with Crippen molar-refractivity contribution >= 4 is 33.2 Å². The van der Waals surface area contributed by atoms with Gasteiger partial charge >= 0.3 is 0 Å². The second-order valence-corrected chi connectivity index (χ2v) is 9.58. The maximum atomic E-state index is 13.4. The molecule has 1 atom stereocenters. The van der Waals surface area contributed by atoms with Crippen molar-refractivity contribution in [2.45, 2.75) is 46.4 Å². The van der Waals surface area contributed by atoms with Gasteiger partial charge in [0.25, 0.3) is 5.56 Å². The van der Waals surface area contributed by atoms with Crippen molar-refractivity contribution in [1.82, 2.24) is 29.1 Å². The maximum absolute atomic E-state index is 13.4. The minimum atomic E-state index is -0.0396. The molecule has 6 rings (SSSR count). The Morgan fingerprint density at radius 1 is 1.14 bits per heavy atom. The van der Waals surface area contributed by atoms with Gasteiger partial charge in [-0.25, -0.2) is 4.68 Å². The minimum absolute atomic E-state index is 0.00248. The fourth-order valence-corrected chi connectivity index (χ4v) is 5.50. The van der Waals surface area contributed by atoms with Crippen molar-refractivity contribution in [2.75, 3.05) is 16.8 Å². The van der Waals surface area contributed by atoms with Crippen molar-refractivity contribution in [2.24, 2.45) is 7.05 Å². The van der Waals surface area contributed by atoms with E-state index in [9.17, 15) is 4.79 Å². The summed E-state index contributed by atoms with van der Waals surface area (Å²) in [6.07, 6.45) is 3.69. The molecule has 0 spiro atoms. The molecule has 1 unspecified atom stereocenters. The summed E-state index contributed by atoms with van der Waals surface area (Å²) in [6, 6.07) is 12.5. The molecule has 9 nitrogen and oxygen atoms in total. The number of nitrogens with one attached hydrogen (secondary N) is 1. The Morgan fingerprint density at radius 2 is 1.97 bits per heavy atom. The molecule has 0 radical (unpaired) electrons. The summed E-state index contributed by atoms with van der Waals surface area (Å²) >= 11 is 0. The Bertz CT molecular complexity index is 1660. The van der Waals surface area contributed by atoms with Crippen LogP contribution in [0.3, 0.4) is 0 Å². The lowest BCUT2D eigenvalue weighted by molar-refractivity contribution is 0.560. The average Bonchev–Trinajstić information content (AvgIpc) is 3.53. The van der Waals surface area contributed by atoms with Crippen molar-refractivity contribution in [3.63, 3.8) is 0 Å². The Balaban J connectivity index is 1.44. The Kier molecular flexibility index (Phi) is 5.28. The van der Waals surface area contributed by atoms with Gasteiger partial charge in [-0.1, -0.05) is 18.2 Å². The number of anilines is 2. The van der Waals surface area contributed by atoms with E-state index in [2.05, 4.69) is 67.3 Å². The number of benzene rings is 2. The second-order valence-electron chi connectivity index (χ2n) is 9.58. The van der Waals surface area contributed by atoms with Crippen LogP contribution in [0, 0.1) is 6.92 Å². The van der Waals surface area contributed by atoms with Crippen LogP contribution in [0.5, 0.6) is 0 Å². The van der Waals surface area contributed by atoms with Crippen molar-refractivity contribution < 1.29 is 0 Å². The minimum Gasteiger partial charge on any atom is -0.377 e. The number of aryl methyl sites for hydroxylation is 3. The third-order valence-electron chi connectivity index (χ3n) is 7.27. The third-order valence-corrected chi connectivity index (χ3v) is 7.27. The van der Waals surface area contributed by atoms with Crippen LogP contribution in [-0.2, 0) is 26.7 Å². The summed E-state index contributed by atoms with van der Waals surface area (Å²) in [5.74, 6) is 0.972. The fourth-order valence-electron chi connectivity index (χ4n) is 5.50.